The fourth-order valence-corrected chi connectivity index (χ4v) is 3.66. The average molecular weight is 428 g/mol. The molecule has 1 aromatic heterocycles. The summed E-state index contributed by atoms with van der Waals surface area (Å²) in [6, 6.07) is 16.8. The Morgan fingerprint density at radius 1 is 1.00 bits per heavy atom. The van der Waals surface area contributed by atoms with Crippen molar-refractivity contribution < 1.29 is 14.3 Å². The second-order valence-corrected chi connectivity index (χ2v) is 8.36. The fourth-order valence-electron chi connectivity index (χ4n) is 3.66. The zero-order valence-corrected chi connectivity index (χ0v) is 17.5. The molecule has 1 heterocycles. The fraction of sp³-hybridized carbons (Fsp3) is 0.280. The van der Waals surface area contributed by atoms with E-state index in [0.717, 1.165) is 30.4 Å². The van der Waals surface area contributed by atoms with E-state index in [1.54, 1.807) is 24.5 Å². The van der Waals surface area contributed by atoms with E-state index in [-0.39, 0.29) is 24.0 Å². The van der Waals surface area contributed by atoms with E-state index in [2.05, 4.69) is 20.6 Å². The van der Waals surface area contributed by atoms with Crippen LogP contribution in [0.25, 0.3) is 11.4 Å². The summed E-state index contributed by atoms with van der Waals surface area (Å²) in [5.41, 5.74) is 3.21. The lowest BCUT2D eigenvalue weighted by atomic mass is 10.1. The highest BCUT2D eigenvalue weighted by molar-refractivity contribution is 6.04. The maximum atomic E-state index is 12.8. The van der Waals surface area contributed by atoms with Crippen molar-refractivity contribution in [3.05, 3.63) is 78.1 Å². The van der Waals surface area contributed by atoms with E-state index < -0.39 is 0 Å². The zero-order chi connectivity index (χ0) is 21.9. The van der Waals surface area contributed by atoms with Gasteiger partial charge in [0.05, 0.1) is 6.61 Å². The van der Waals surface area contributed by atoms with Gasteiger partial charge in [0.2, 0.25) is 0 Å². The van der Waals surface area contributed by atoms with Crippen LogP contribution < -0.4 is 10.6 Å². The standard InChI is InChI=1S/C25H24N4O3/c30-24(28-20-9-7-17(8-10-20)23-26-11-2-12-27-23)19-4-1-3-18(13-19)21-14-22(21)29-25(31)32-15-16-5-6-16/h1-4,7-13,16,21-22H,5-6,14-15H2,(H,28,30)(H,29,31)/t21-,22+/m0/s1. The summed E-state index contributed by atoms with van der Waals surface area (Å²) in [7, 11) is 0. The van der Waals surface area contributed by atoms with Crippen LogP contribution in [-0.4, -0.2) is 34.6 Å². The summed E-state index contributed by atoms with van der Waals surface area (Å²) < 4.78 is 5.24. The number of benzene rings is 2. The minimum absolute atomic E-state index is 0.0627. The maximum absolute atomic E-state index is 12.8. The number of nitrogens with zero attached hydrogens (tertiary/aromatic N) is 2. The maximum Gasteiger partial charge on any atom is 0.407 e. The van der Waals surface area contributed by atoms with Crippen molar-refractivity contribution in [1.29, 1.82) is 0 Å². The molecule has 7 nitrogen and oxygen atoms in total. The Hall–Kier alpha value is -3.74. The number of carbonyl (C=O) groups is 2. The number of anilines is 1. The van der Waals surface area contributed by atoms with E-state index in [0.29, 0.717) is 29.6 Å². The molecule has 2 aliphatic rings. The summed E-state index contributed by atoms with van der Waals surface area (Å²) >= 11 is 0. The van der Waals surface area contributed by atoms with Gasteiger partial charge in [0.25, 0.3) is 5.91 Å². The van der Waals surface area contributed by atoms with Crippen molar-refractivity contribution in [1.82, 2.24) is 15.3 Å². The Kier molecular flexibility index (Phi) is 5.54. The minimum atomic E-state index is -0.345. The van der Waals surface area contributed by atoms with Gasteiger partial charge in [-0.05, 0) is 73.2 Å². The number of ether oxygens (including phenoxy) is 1. The predicted molar refractivity (Wildman–Crippen MR) is 120 cm³/mol. The summed E-state index contributed by atoms with van der Waals surface area (Å²) in [6.45, 7) is 0.512. The Morgan fingerprint density at radius 2 is 1.78 bits per heavy atom. The van der Waals surface area contributed by atoms with Gasteiger partial charge in [0.1, 0.15) is 0 Å². The van der Waals surface area contributed by atoms with Gasteiger partial charge in [0.15, 0.2) is 5.82 Å². The smallest absolute Gasteiger partial charge is 0.407 e. The molecule has 2 atom stereocenters. The number of rotatable bonds is 7. The molecular weight excluding hydrogens is 404 g/mol. The molecule has 0 aliphatic heterocycles. The van der Waals surface area contributed by atoms with Gasteiger partial charge < -0.3 is 15.4 Å². The van der Waals surface area contributed by atoms with Crippen LogP contribution in [0.15, 0.2) is 67.0 Å². The number of amides is 2. The molecule has 2 N–H and O–H groups in total. The van der Waals surface area contributed by atoms with Gasteiger partial charge in [-0.1, -0.05) is 12.1 Å². The number of carbonyl (C=O) groups excluding carboxylic acids is 2. The normalized spacial score (nSPS) is 19.1. The highest BCUT2D eigenvalue weighted by Crippen LogP contribution is 2.41. The molecule has 5 rings (SSSR count). The Bertz CT molecular complexity index is 1110. The van der Waals surface area contributed by atoms with Crippen molar-refractivity contribution in [3.63, 3.8) is 0 Å². The molecule has 3 aromatic rings. The SMILES string of the molecule is O=C(N[C@@H]1C[C@H]1c1cccc(C(=O)Nc2ccc(-c3ncccn3)cc2)c1)OCC1CC1. The third-order valence-corrected chi connectivity index (χ3v) is 5.78. The lowest BCUT2D eigenvalue weighted by Gasteiger charge is -2.09. The first-order valence-corrected chi connectivity index (χ1v) is 10.9. The van der Waals surface area contributed by atoms with Gasteiger partial charge in [-0.3, -0.25) is 4.79 Å². The zero-order valence-electron chi connectivity index (χ0n) is 17.5. The molecule has 0 bridgehead atoms. The predicted octanol–water partition coefficient (Wildman–Crippen LogP) is 4.39. The molecule has 0 saturated heterocycles. The van der Waals surface area contributed by atoms with Crippen molar-refractivity contribution in [2.75, 3.05) is 11.9 Å². The molecular formula is C25H24N4O3. The van der Waals surface area contributed by atoms with Crippen LogP contribution in [-0.2, 0) is 4.74 Å². The summed E-state index contributed by atoms with van der Waals surface area (Å²) in [6.07, 6.45) is 6.21. The van der Waals surface area contributed by atoms with E-state index in [1.807, 2.05) is 42.5 Å². The van der Waals surface area contributed by atoms with Gasteiger partial charge in [0, 0.05) is 41.2 Å². The van der Waals surface area contributed by atoms with Crippen LogP contribution in [0.3, 0.4) is 0 Å². The first kappa shape index (κ1) is 20.2. The molecule has 2 aliphatic carbocycles. The monoisotopic (exact) mass is 428 g/mol. The second-order valence-electron chi connectivity index (χ2n) is 8.36. The van der Waals surface area contributed by atoms with E-state index in [1.165, 1.54) is 0 Å². The summed E-state index contributed by atoms with van der Waals surface area (Å²) in [4.78, 5) is 33.1. The van der Waals surface area contributed by atoms with E-state index in [9.17, 15) is 9.59 Å². The molecule has 0 radical (unpaired) electrons. The van der Waals surface area contributed by atoms with Crippen molar-refractivity contribution in [2.24, 2.45) is 5.92 Å². The molecule has 2 fully saturated rings. The van der Waals surface area contributed by atoms with Gasteiger partial charge >= 0.3 is 6.09 Å². The van der Waals surface area contributed by atoms with Crippen LogP contribution in [0.2, 0.25) is 0 Å². The molecule has 162 valence electrons. The van der Waals surface area contributed by atoms with Gasteiger partial charge in [-0.15, -0.1) is 0 Å². The molecule has 0 spiro atoms. The third-order valence-electron chi connectivity index (χ3n) is 5.78. The minimum Gasteiger partial charge on any atom is -0.449 e. The molecule has 0 unspecified atom stereocenters. The average Bonchev–Trinajstić information content (AvgIpc) is 3.75. The molecule has 2 saturated carbocycles. The number of hydrogen-bond donors (Lipinski definition) is 2. The van der Waals surface area contributed by atoms with Crippen LogP contribution >= 0.6 is 0 Å². The van der Waals surface area contributed by atoms with Crippen LogP contribution in [0.1, 0.15) is 41.1 Å². The lowest BCUT2D eigenvalue weighted by molar-refractivity contribution is 0.102. The Labute approximate surface area is 186 Å². The van der Waals surface area contributed by atoms with Gasteiger partial charge in [-0.2, -0.15) is 0 Å². The largest absolute Gasteiger partial charge is 0.449 e. The van der Waals surface area contributed by atoms with E-state index >= 15 is 0 Å². The quantitative estimate of drug-likeness (QED) is 0.582. The highest BCUT2D eigenvalue weighted by atomic mass is 16.5. The first-order valence-electron chi connectivity index (χ1n) is 10.9. The van der Waals surface area contributed by atoms with Crippen molar-refractivity contribution in [2.45, 2.75) is 31.2 Å². The summed E-state index contributed by atoms with van der Waals surface area (Å²) in [5, 5.41) is 5.85. The van der Waals surface area contributed by atoms with Crippen molar-refractivity contribution in [3.8, 4) is 11.4 Å². The first-order chi connectivity index (χ1) is 15.7. The number of alkyl carbamates (subject to hydrolysis) is 1. The highest BCUT2D eigenvalue weighted by Gasteiger charge is 2.40. The number of aromatic nitrogens is 2. The molecule has 7 heteroatoms. The van der Waals surface area contributed by atoms with Crippen LogP contribution in [0.5, 0.6) is 0 Å². The Balaban J connectivity index is 1.17. The second kappa shape index (κ2) is 8.78. The number of hydrogen-bond acceptors (Lipinski definition) is 5. The Morgan fingerprint density at radius 3 is 2.53 bits per heavy atom. The molecule has 2 aromatic carbocycles. The molecule has 32 heavy (non-hydrogen) atoms. The lowest BCUT2D eigenvalue weighted by Crippen LogP contribution is -2.28. The van der Waals surface area contributed by atoms with Crippen molar-refractivity contribution >= 4 is 17.7 Å². The van der Waals surface area contributed by atoms with Crippen LogP contribution in [0, 0.1) is 5.92 Å². The topological polar surface area (TPSA) is 93.2 Å². The summed E-state index contributed by atoms with van der Waals surface area (Å²) in [5.74, 6) is 1.22. The molecule has 2 amide bonds. The third kappa shape index (κ3) is 4.94. The van der Waals surface area contributed by atoms with Gasteiger partial charge in [-0.25, -0.2) is 14.8 Å². The van der Waals surface area contributed by atoms with Crippen LogP contribution in [0.4, 0.5) is 10.5 Å². The number of nitrogens with one attached hydrogen (secondary N) is 2. The van der Waals surface area contributed by atoms with E-state index in [4.69, 9.17) is 4.74 Å².